The minimum atomic E-state index is -3.90. The predicted molar refractivity (Wildman–Crippen MR) is 148 cm³/mol. The molecule has 1 aliphatic heterocycles. The normalized spacial score (nSPS) is 21.4. The molecule has 0 N–H and O–H groups in total. The lowest BCUT2D eigenvalue weighted by Gasteiger charge is -2.41. The van der Waals surface area contributed by atoms with E-state index in [0.29, 0.717) is 6.61 Å². The van der Waals surface area contributed by atoms with Crippen molar-refractivity contribution < 1.29 is 27.4 Å². The molecule has 1 saturated heterocycles. The molecule has 5 rings (SSSR count). The Labute approximate surface area is 230 Å². The van der Waals surface area contributed by atoms with Gasteiger partial charge in [-0.1, -0.05) is 109 Å². The van der Waals surface area contributed by atoms with E-state index in [0.717, 1.165) is 16.7 Å². The number of ether oxygens (including phenoxy) is 4. The molecule has 0 spiro atoms. The first kappa shape index (κ1) is 27.2. The zero-order valence-corrected chi connectivity index (χ0v) is 22.4. The van der Waals surface area contributed by atoms with Crippen LogP contribution in [-0.4, -0.2) is 38.8 Å². The second-order valence-corrected chi connectivity index (χ2v) is 11.4. The molecule has 39 heavy (non-hydrogen) atoms. The Morgan fingerprint density at radius 3 is 1.46 bits per heavy atom. The quantitative estimate of drug-likeness (QED) is 0.246. The third kappa shape index (κ3) is 7.01. The topological polar surface area (TPSA) is 71.1 Å². The Balaban J connectivity index is 1.45. The summed E-state index contributed by atoms with van der Waals surface area (Å²) < 4.78 is 52.8. The van der Waals surface area contributed by atoms with E-state index < -0.39 is 33.6 Å². The van der Waals surface area contributed by atoms with Gasteiger partial charge in [0.2, 0.25) is 9.84 Å². The van der Waals surface area contributed by atoms with Crippen LogP contribution in [0.5, 0.6) is 0 Å². The summed E-state index contributed by atoms with van der Waals surface area (Å²) in [7, 11) is -3.90. The van der Waals surface area contributed by atoms with E-state index in [4.69, 9.17) is 18.9 Å². The van der Waals surface area contributed by atoms with Gasteiger partial charge in [-0.2, -0.15) is 0 Å². The molecule has 0 saturated carbocycles. The van der Waals surface area contributed by atoms with Crippen LogP contribution in [0.3, 0.4) is 0 Å². The first-order chi connectivity index (χ1) is 19.1. The molecule has 4 aromatic carbocycles. The van der Waals surface area contributed by atoms with Crippen LogP contribution in [0.2, 0.25) is 0 Å². The van der Waals surface area contributed by atoms with Crippen molar-refractivity contribution in [3.8, 4) is 0 Å². The van der Waals surface area contributed by atoms with E-state index in [9.17, 15) is 8.42 Å². The minimum absolute atomic E-state index is 0.0498. The van der Waals surface area contributed by atoms with Crippen LogP contribution in [0, 0.1) is 0 Å². The van der Waals surface area contributed by atoms with Crippen LogP contribution in [0.25, 0.3) is 0 Å². The first-order valence-corrected chi connectivity index (χ1v) is 14.5. The number of rotatable bonds is 11. The molecule has 0 unspecified atom stereocenters. The van der Waals surface area contributed by atoms with Crippen molar-refractivity contribution in [1.29, 1.82) is 0 Å². The summed E-state index contributed by atoms with van der Waals surface area (Å²) in [5.41, 5.74) is 1.62. The van der Waals surface area contributed by atoms with Gasteiger partial charge in [0.15, 0.2) is 5.44 Å². The van der Waals surface area contributed by atoms with Crippen molar-refractivity contribution in [2.24, 2.45) is 0 Å². The van der Waals surface area contributed by atoms with Gasteiger partial charge < -0.3 is 18.9 Å². The van der Waals surface area contributed by atoms with Gasteiger partial charge in [-0.05, 0) is 28.8 Å². The molecule has 4 aromatic rings. The molecule has 202 valence electrons. The fraction of sp³-hybridized carbons (Fsp3) is 0.250. The summed E-state index contributed by atoms with van der Waals surface area (Å²) >= 11 is 0. The highest BCUT2D eigenvalue weighted by Crippen LogP contribution is 2.32. The highest BCUT2D eigenvalue weighted by atomic mass is 32.2. The second-order valence-electron chi connectivity index (χ2n) is 9.42. The van der Waals surface area contributed by atoms with Crippen molar-refractivity contribution in [2.45, 2.75) is 48.5 Å². The van der Waals surface area contributed by atoms with Gasteiger partial charge in [0, 0.05) is 0 Å². The number of sulfone groups is 1. The van der Waals surface area contributed by atoms with Gasteiger partial charge in [0.05, 0.1) is 31.3 Å². The number of benzene rings is 4. The average Bonchev–Trinajstić information content (AvgIpc) is 3.00. The average molecular weight is 545 g/mol. The SMILES string of the molecule is O=S(=O)(c1ccccc1)[C@@H]1OC[C@@H](OCc2ccccc2)[C@H](OCc2ccccc2)[C@H]1OCc1ccccc1. The van der Waals surface area contributed by atoms with Crippen molar-refractivity contribution in [3.05, 3.63) is 138 Å². The van der Waals surface area contributed by atoms with Crippen molar-refractivity contribution in [1.82, 2.24) is 0 Å². The first-order valence-electron chi connectivity index (χ1n) is 13.0. The molecular weight excluding hydrogens is 512 g/mol. The van der Waals surface area contributed by atoms with Gasteiger partial charge in [-0.15, -0.1) is 0 Å². The summed E-state index contributed by atoms with van der Waals surface area (Å²) in [5.74, 6) is 0. The van der Waals surface area contributed by atoms with E-state index in [-0.39, 0.29) is 24.7 Å². The minimum Gasteiger partial charge on any atom is -0.368 e. The highest BCUT2D eigenvalue weighted by Gasteiger charge is 2.49. The predicted octanol–water partition coefficient (Wildman–Crippen LogP) is 5.57. The van der Waals surface area contributed by atoms with E-state index >= 15 is 0 Å². The van der Waals surface area contributed by atoms with Crippen LogP contribution < -0.4 is 0 Å². The summed E-state index contributed by atoms with van der Waals surface area (Å²) in [6, 6.07) is 37.6. The smallest absolute Gasteiger partial charge is 0.207 e. The van der Waals surface area contributed by atoms with E-state index in [1.165, 1.54) is 0 Å². The molecule has 1 fully saturated rings. The monoisotopic (exact) mass is 544 g/mol. The fourth-order valence-electron chi connectivity index (χ4n) is 4.59. The fourth-order valence-corrected chi connectivity index (χ4v) is 6.23. The third-order valence-electron chi connectivity index (χ3n) is 6.64. The maximum absolute atomic E-state index is 13.8. The zero-order valence-electron chi connectivity index (χ0n) is 21.5. The van der Waals surface area contributed by atoms with Gasteiger partial charge in [-0.25, -0.2) is 8.42 Å². The standard InChI is InChI=1S/C32H32O6S/c33-39(34,28-19-11-4-12-20-28)32-31(37-23-27-17-9-3-10-18-27)30(36-22-26-15-7-2-8-16-26)29(24-38-32)35-21-25-13-5-1-6-14-25/h1-20,29-32H,21-24H2/t29-,30+,31-,32+/m1/s1. The van der Waals surface area contributed by atoms with Gasteiger partial charge in [-0.3, -0.25) is 0 Å². The van der Waals surface area contributed by atoms with Crippen LogP contribution in [0.4, 0.5) is 0 Å². The molecule has 7 heteroatoms. The molecule has 1 aliphatic rings. The summed E-state index contributed by atoms with van der Waals surface area (Å²) in [6.07, 6.45) is -2.18. The van der Waals surface area contributed by atoms with E-state index in [1.807, 2.05) is 91.0 Å². The Morgan fingerprint density at radius 2 is 0.974 bits per heavy atom. The Morgan fingerprint density at radius 1 is 0.564 bits per heavy atom. The number of hydrogen-bond acceptors (Lipinski definition) is 6. The third-order valence-corrected chi connectivity index (χ3v) is 8.58. The second kappa shape index (κ2) is 13.2. The lowest BCUT2D eigenvalue weighted by molar-refractivity contribution is -0.221. The van der Waals surface area contributed by atoms with Crippen molar-refractivity contribution >= 4 is 9.84 Å². The summed E-state index contributed by atoms with van der Waals surface area (Å²) in [5, 5.41) is 0. The molecule has 4 atom stereocenters. The zero-order chi connectivity index (χ0) is 26.9. The van der Waals surface area contributed by atoms with Crippen LogP contribution in [0.15, 0.2) is 126 Å². The summed E-state index contributed by atoms with van der Waals surface area (Å²) in [6.45, 7) is 0.863. The molecule has 0 radical (unpaired) electrons. The Hall–Kier alpha value is -3.33. The highest BCUT2D eigenvalue weighted by molar-refractivity contribution is 7.92. The van der Waals surface area contributed by atoms with Crippen molar-refractivity contribution in [2.75, 3.05) is 6.61 Å². The van der Waals surface area contributed by atoms with Crippen LogP contribution in [0.1, 0.15) is 16.7 Å². The van der Waals surface area contributed by atoms with Crippen molar-refractivity contribution in [3.63, 3.8) is 0 Å². The molecule has 6 nitrogen and oxygen atoms in total. The van der Waals surface area contributed by atoms with Gasteiger partial charge in [0.25, 0.3) is 0 Å². The van der Waals surface area contributed by atoms with Gasteiger partial charge in [0.1, 0.15) is 18.3 Å². The number of hydrogen-bond donors (Lipinski definition) is 0. The van der Waals surface area contributed by atoms with Gasteiger partial charge >= 0.3 is 0 Å². The van der Waals surface area contributed by atoms with Crippen LogP contribution in [-0.2, 0) is 48.6 Å². The molecular formula is C32H32O6S. The van der Waals surface area contributed by atoms with Crippen LogP contribution >= 0.6 is 0 Å². The molecule has 0 aromatic heterocycles. The largest absolute Gasteiger partial charge is 0.368 e. The van der Waals surface area contributed by atoms with E-state index in [2.05, 4.69) is 0 Å². The maximum atomic E-state index is 13.8. The Bertz CT molecular complexity index is 1380. The molecule has 0 amide bonds. The molecule has 0 aliphatic carbocycles. The Kier molecular flexibility index (Phi) is 9.19. The lowest BCUT2D eigenvalue weighted by atomic mass is 10.0. The summed E-state index contributed by atoms with van der Waals surface area (Å²) in [4.78, 5) is 0.175. The maximum Gasteiger partial charge on any atom is 0.207 e. The molecule has 0 bridgehead atoms. The van der Waals surface area contributed by atoms with E-state index in [1.54, 1.807) is 30.3 Å². The lowest BCUT2D eigenvalue weighted by Crippen LogP contribution is -2.58. The molecule has 1 heterocycles.